The molecule has 0 radical (unpaired) electrons. The van der Waals surface area contributed by atoms with Gasteiger partial charge in [0.1, 0.15) is 6.10 Å². The van der Waals surface area contributed by atoms with Crippen molar-refractivity contribution in [3.8, 4) is 0 Å². The molecule has 2 atom stereocenters. The molecular weight excluding hydrogens is 314 g/mol. The number of benzene rings is 1. The summed E-state index contributed by atoms with van der Waals surface area (Å²) in [5.74, 6) is -1.89. The van der Waals surface area contributed by atoms with Crippen LogP contribution in [0.1, 0.15) is 30.1 Å². The average Bonchev–Trinajstić information content (AvgIpc) is 3.04. The highest BCUT2D eigenvalue weighted by Crippen LogP contribution is 2.30. The topological polar surface area (TPSA) is 51.2 Å². The molecule has 24 heavy (non-hydrogen) atoms. The number of hydrogen-bond acceptors (Lipinski definition) is 3. The highest BCUT2D eigenvalue weighted by molar-refractivity contribution is 5.76. The molecule has 1 aromatic heterocycles. The predicted molar refractivity (Wildman–Crippen MR) is 84.2 cm³/mol. The fourth-order valence-electron chi connectivity index (χ4n) is 2.84. The zero-order valence-corrected chi connectivity index (χ0v) is 13.0. The normalized spacial score (nSPS) is 20.1. The van der Waals surface area contributed by atoms with Crippen LogP contribution in [0.5, 0.6) is 0 Å². The summed E-state index contributed by atoms with van der Waals surface area (Å²) in [5.41, 5.74) is 1.57. The lowest BCUT2D eigenvalue weighted by Crippen LogP contribution is -2.37. The SMILES string of the molecule is O=C(CCc1ccncc1)N[C@@H]1CCO[C@H]1c1ccc(F)c(F)c1. The van der Waals surface area contributed by atoms with Crippen LogP contribution in [-0.2, 0) is 16.0 Å². The Morgan fingerprint density at radius 1 is 1.21 bits per heavy atom. The molecule has 0 bridgehead atoms. The first-order chi connectivity index (χ1) is 11.6. The Morgan fingerprint density at radius 2 is 2.00 bits per heavy atom. The molecule has 1 fully saturated rings. The van der Waals surface area contributed by atoms with Crippen LogP contribution in [0, 0.1) is 11.6 Å². The number of carbonyl (C=O) groups is 1. The van der Waals surface area contributed by atoms with Crippen LogP contribution >= 0.6 is 0 Å². The summed E-state index contributed by atoms with van der Waals surface area (Å²) in [4.78, 5) is 16.1. The van der Waals surface area contributed by atoms with Crippen molar-refractivity contribution in [3.05, 3.63) is 65.5 Å². The van der Waals surface area contributed by atoms with Gasteiger partial charge >= 0.3 is 0 Å². The van der Waals surface area contributed by atoms with Crippen molar-refractivity contribution >= 4 is 5.91 Å². The second kappa shape index (κ2) is 7.49. The number of hydrogen-bond donors (Lipinski definition) is 1. The minimum absolute atomic E-state index is 0.0881. The van der Waals surface area contributed by atoms with E-state index in [-0.39, 0.29) is 11.9 Å². The van der Waals surface area contributed by atoms with Crippen molar-refractivity contribution in [2.75, 3.05) is 6.61 Å². The quantitative estimate of drug-likeness (QED) is 0.916. The second-order valence-electron chi connectivity index (χ2n) is 5.78. The summed E-state index contributed by atoms with van der Waals surface area (Å²) in [6.07, 6.45) is 4.55. The van der Waals surface area contributed by atoms with E-state index in [4.69, 9.17) is 4.74 Å². The fourth-order valence-corrected chi connectivity index (χ4v) is 2.84. The van der Waals surface area contributed by atoms with E-state index in [1.807, 2.05) is 12.1 Å². The minimum Gasteiger partial charge on any atom is -0.371 e. The molecule has 1 N–H and O–H groups in total. The van der Waals surface area contributed by atoms with Gasteiger partial charge in [0, 0.05) is 25.4 Å². The van der Waals surface area contributed by atoms with Gasteiger partial charge in [0.25, 0.3) is 0 Å². The van der Waals surface area contributed by atoms with E-state index >= 15 is 0 Å². The second-order valence-corrected chi connectivity index (χ2v) is 5.78. The predicted octanol–water partition coefficient (Wildman–Crippen LogP) is 2.94. The standard InChI is InChI=1S/C18H18F2N2O2/c19-14-3-2-13(11-15(14)20)18-16(7-10-24-18)22-17(23)4-1-12-5-8-21-9-6-12/h2-3,5-6,8-9,11,16,18H,1,4,7,10H2,(H,22,23)/t16-,18+/m1/s1. The molecule has 3 rings (SSSR count). The van der Waals surface area contributed by atoms with Crippen LogP contribution in [-0.4, -0.2) is 23.5 Å². The van der Waals surface area contributed by atoms with Gasteiger partial charge in [-0.2, -0.15) is 0 Å². The van der Waals surface area contributed by atoms with Crippen LogP contribution in [0.25, 0.3) is 0 Å². The van der Waals surface area contributed by atoms with E-state index in [0.717, 1.165) is 17.7 Å². The Hall–Kier alpha value is -2.34. The Balaban J connectivity index is 1.59. The third kappa shape index (κ3) is 3.94. The van der Waals surface area contributed by atoms with Crippen LogP contribution < -0.4 is 5.32 Å². The van der Waals surface area contributed by atoms with Gasteiger partial charge in [-0.3, -0.25) is 9.78 Å². The number of rotatable bonds is 5. The van der Waals surface area contributed by atoms with Gasteiger partial charge in [-0.25, -0.2) is 8.78 Å². The summed E-state index contributed by atoms with van der Waals surface area (Å²) < 4.78 is 32.1. The first-order valence-corrected chi connectivity index (χ1v) is 7.88. The van der Waals surface area contributed by atoms with E-state index in [0.29, 0.717) is 31.4 Å². The van der Waals surface area contributed by atoms with Gasteiger partial charge in [0.15, 0.2) is 11.6 Å². The fraction of sp³-hybridized carbons (Fsp3) is 0.333. The average molecular weight is 332 g/mol. The smallest absolute Gasteiger partial charge is 0.220 e. The van der Waals surface area contributed by atoms with Gasteiger partial charge in [-0.1, -0.05) is 6.07 Å². The van der Waals surface area contributed by atoms with E-state index in [1.165, 1.54) is 6.07 Å². The summed E-state index contributed by atoms with van der Waals surface area (Å²) in [6, 6.07) is 7.20. The molecule has 2 heterocycles. The molecule has 0 spiro atoms. The van der Waals surface area contributed by atoms with E-state index in [1.54, 1.807) is 12.4 Å². The van der Waals surface area contributed by atoms with Crippen LogP contribution in [0.2, 0.25) is 0 Å². The highest BCUT2D eigenvalue weighted by Gasteiger charge is 2.31. The summed E-state index contributed by atoms with van der Waals surface area (Å²) >= 11 is 0. The number of aryl methyl sites for hydroxylation is 1. The molecule has 1 saturated heterocycles. The molecule has 6 heteroatoms. The van der Waals surface area contributed by atoms with Crippen molar-refractivity contribution < 1.29 is 18.3 Å². The number of amides is 1. The monoisotopic (exact) mass is 332 g/mol. The van der Waals surface area contributed by atoms with Crippen molar-refractivity contribution in [2.24, 2.45) is 0 Å². The number of aromatic nitrogens is 1. The largest absolute Gasteiger partial charge is 0.371 e. The van der Waals surface area contributed by atoms with E-state index < -0.39 is 17.7 Å². The van der Waals surface area contributed by atoms with Gasteiger partial charge in [-0.15, -0.1) is 0 Å². The van der Waals surface area contributed by atoms with E-state index in [2.05, 4.69) is 10.3 Å². The molecule has 126 valence electrons. The molecular formula is C18H18F2N2O2. The van der Waals surface area contributed by atoms with Crippen LogP contribution in [0.15, 0.2) is 42.7 Å². The maximum atomic E-state index is 13.4. The Labute approximate surface area is 138 Å². The number of halogens is 2. The molecule has 0 aliphatic carbocycles. The Bertz CT molecular complexity index is 709. The van der Waals surface area contributed by atoms with Crippen molar-refractivity contribution in [1.82, 2.24) is 10.3 Å². The first kappa shape index (κ1) is 16.5. The summed E-state index contributed by atoms with van der Waals surface area (Å²) in [6.45, 7) is 0.471. The lowest BCUT2D eigenvalue weighted by molar-refractivity contribution is -0.122. The zero-order valence-electron chi connectivity index (χ0n) is 13.0. The molecule has 1 amide bonds. The van der Waals surface area contributed by atoms with Crippen molar-refractivity contribution in [1.29, 1.82) is 0 Å². The van der Waals surface area contributed by atoms with Crippen LogP contribution in [0.4, 0.5) is 8.78 Å². The third-order valence-corrected chi connectivity index (χ3v) is 4.10. The molecule has 4 nitrogen and oxygen atoms in total. The number of pyridine rings is 1. The minimum atomic E-state index is -0.911. The zero-order chi connectivity index (χ0) is 16.9. The van der Waals surface area contributed by atoms with Gasteiger partial charge in [0.05, 0.1) is 6.04 Å². The number of nitrogens with one attached hydrogen (secondary N) is 1. The Morgan fingerprint density at radius 3 is 2.75 bits per heavy atom. The molecule has 1 aliphatic heterocycles. The first-order valence-electron chi connectivity index (χ1n) is 7.88. The highest BCUT2D eigenvalue weighted by atomic mass is 19.2. The van der Waals surface area contributed by atoms with Crippen molar-refractivity contribution in [3.63, 3.8) is 0 Å². The van der Waals surface area contributed by atoms with Crippen molar-refractivity contribution in [2.45, 2.75) is 31.4 Å². The van der Waals surface area contributed by atoms with Gasteiger partial charge in [-0.05, 0) is 48.2 Å². The number of carbonyl (C=O) groups excluding carboxylic acids is 1. The van der Waals surface area contributed by atoms with Gasteiger partial charge in [0.2, 0.25) is 5.91 Å². The molecule has 1 aromatic carbocycles. The molecule has 0 saturated carbocycles. The lowest BCUT2D eigenvalue weighted by Gasteiger charge is -2.20. The number of ether oxygens (including phenoxy) is 1. The Kier molecular flexibility index (Phi) is 5.15. The molecule has 1 aliphatic rings. The third-order valence-electron chi connectivity index (χ3n) is 4.10. The number of nitrogens with zero attached hydrogens (tertiary/aromatic N) is 1. The maximum absolute atomic E-state index is 13.4. The summed E-state index contributed by atoms with van der Waals surface area (Å²) in [7, 11) is 0. The van der Waals surface area contributed by atoms with E-state index in [9.17, 15) is 13.6 Å². The lowest BCUT2D eigenvalue weighted by atomic mass is 10.0. The summed E-state index contributed by atoms with van der Waals surface area (Å²) in [5, 5.41) is 2.94. The molecule has 2 aromatic rings. The molecule has 0 unspecified atom stereocenters. The van der Waals surface area contributed by atoms with Crippen LogP contribution in [0.3, 0.4) is 0 Å². The maximum Gasteiger partial charge on any atom is 0.220 e. The van der Waals surface area contributed by atoms with Gasteiger partial charge < -0.3 is 10.1 Å².